The fourth-order valence-corrected chi connectivity index (χ4v) is 5.78. The van der Waals surface area contributed by atoms with E-state index in [1.54, 1.807) is 17.9 Å². The number of pyridine rings is 1. The summed E-state index contributed by atoms with van der Waals surface area (Å²) in [7, 11) is 1.62. The second-order valence-electron chi connectivity index (χ2n) is 8.48. The summed E-state index contributed by atoms with van der Waals surface area (Å²) in [6.07, 6.45) is 7.50. The average molecular weight is 468 g/mol. The molecule has 1 unspecified atom stereocenters. The highest BCUT2D eigenvalue weighted by Gasteiger charge is 2.34. The van der Waals surface area contributed by atoms with Crippen LogP contribution >= 0.6 is 11.3 Å². The third-order valence-electron chi connectivity index (χ3n) is 6.42. The molecule has 0 bridgehead atoms. The number of ether oxygens (including phenoxy) is 1. The molecule has 1 aliphatic heterocycles. The van der Waals surface area contributed by atoms with Crippen molar-refractivity contribution < 1.29 is 9.53 Å². The van der Waals surface area contributed by atoms with E-state index in [1.807, 2.05) is 60.8 Å². The Hall–Kier alpha value is -3.84. The van der Waals surface area contributed by atoms with Gasteiger partial charge >= 0.3 is 0 Å². The van der Waals surface area contributed by atoms with Crippen LogP contribution in [0.3, 0.4) is 0 Å². The van der Waals surface area contributed by atoms with Crippen LogP contribution in [0.15, 0.2) is 82.0 Å². The summed E-state index contributed by atoms with van der Waals surface area (Å²) in [5.41, 5.74) is 3.11. The largest absolute Gasteiger partial charge is 0.497 e. The van der Waals surface area contributed by atoms with Gasteiger partial charge in [0.25, 0.3) is 5.56 Å². The Morgan fingerprint density at radius 2 is 1.91 bits per heavy atom. The van der Waals surface area contributed by atoms with Gasteiger partial charge in [-0.3, -0.25) is 19.1 Å². The highest BCUT2D eigenvalue weighted by atomic mass is 32.1. The minimum atomic E-state index is -0.479. The molecule has 2 aromatic carbocycles. The molecule has 34 heavy (non-hydrogen) atoms. The number of rotatable bonds is 3. The summed E-state index contributed by atoms with van der Waals surface area (Å²) in [6, 6.07) is 15.1. The molecule has 168 valence electrons. The molecule has 0 fully saturated rings. The summed E-state index contributed by atoms with van der Waals surface area (Å²) < 4.78 is 7.58. The Balaban J connectivity index is 1.55. The number of thiazole rings is 1. The molecular weight excluding hydrogens is 446 g/mol. The maximum absolute atomic E-state index is 13.7. The summed E-state index contributed by atoms with van der Waals surface area (Å²) in [5, 5.41) is 2.11. The Morgan fingerprint density at radius 1 is 1.06 bits per heavy atom. The number of hydrogen-bond donors (Lipinski definition) is 0. The highest BCUT2D eigenvalue weighted by Crippen LogP contribution is 2.36. The molecule has 2 aliphatic rings. The standard InChI is InChI=1S/C27H21N3O3S/c1-33-20-9-7-18(8-10-20)25-24-21(3-2-4-22(24)31)29-27-30(25)26(32)23(34-27)14-16-5-6-17-11-12-28-15-19(17)13-16/h5-15,25H,2-4H2,1H3/b23-14-. The van der Waals surface area contributed by atoms with Crippen molar-refractivity contribution >= 4 is 34.0 Å². The lowest BCUT2D eigenvalue weighted by atomic mass is 9.86. The van der Waals surface area contributed by atoms with Gasteiger partial charge in [-0.05, 0) is 59.7 Å². The number of Topliss-reactive ketones (excluding diaryl/α,β-unsaturated/α-hetero) is 1. The molecule has 3 heterocycles. The maximum atomic E-state index is 13.7. The number of allylic oxidation sites excluding steroid dienone is 2. The second kappa shape index (κ2) is 8.18. The molecule has 0 saturated carbocycles. The number of fused-ring (bicyclic) bond motifs is 2. The molecule has 0 saturated heterocycles. The first-order valence-corrected chi connectivity index (χ1v) is 12.0. The van der Waals surface area contributed by atoms with Crippen LogP contribution in [0.2, 0.25) is 0 Å². The van der Waals surface area contributed by atoms with Crippen LogP contribution in [0.4, 0.5) is 0 Å². The number of methoxy groups -OCH3 is 1. The lowest BCUT2D eigenvalue weighted by molar-refractivity contribution is -0.116. The van der Waals surface area contributed by atoms with Crippen LogP contribution < -0.4 is 19.6 Å². The molecule has 1 atom stereocenters. The maximum Gasteiger partial charge on any atom is 0.271 e. The van der Waals surface area contributed by atoms with Crippen molar-refractivity contribution in [2.24, 2.45) is 4.99 Å². The Bertz CT molecular complexity index is 1660. The number of ketones is 1. The summed E-state index contributed by atoms with van der Waals surface area (Å²) >= 11 is 1.37. The number of nitrogens with zero attached hydrogens (tertiary/aromatic N) is 3. The fraction of sp³-hybridized carbons (Fsp3) is 0.185. The third-order valence-corrected chi connectivity index (χ3v) is 7.40. The van der Waals surface area contributed by atoms with Crippen LogP contribution in [0.1, 0.15) is 36.4 Å². The van der Waals surface area contributed by atoms with Gasteiger partial charge in [-0.25, -0.2) is 4.99 Å². The molecular formula is C27H21N3O3S. The zero-order valence-electron chi connectivity index (χ0n) is 18.5. The number of carbonyl (C=O) groups excluding carboxylic acids is 1. The van der Waals surface area contributed by atoms with Crippen molar-refractivity contribution in [2.45, 2.75) is 25.3 Å². The van der Waals surface area contributed by atoms with E-state index < -0.39 is 6.04 Å². The van der Waals surface area contributed by atoms with E-state index >= 15 is 0 Å². The van der Waals surface area contributed by atoms with Gasteiger partial charge < -0.3 is 4.74 Å². The number of benzene rings is 2. The Labute approximate surface area is 199 Å². The van der Waals surface area contributed by atoms with Gasteiger partial charge in [0.05, 0.1) is 23.4 Å². The van der Waals surface area contributed by atoms with Crippen LogP contribution in [-0.2, 0) is 4.79 Å². The number of aromatic nitrogens is 2. The van der Waals surface area contributed by atoms with E-state index in [9.17, 15) is 9.59 Å². The number of carbonyl (C=O) groups is 1. The average Bonchev–Trinajstić information content (AvgIpc) is 3.17. The van der Waals surface area contributed by atoms with Crippen LogP contribution in [0.25, 0.3) is 16.8 Å². The van der Waals surface area contributed by atoms with Gasteiger partial charge in [0.1, 0.15) is 5.75 Å². The Kier molecular flexibility index (Phi) is 4.99. The van der Waals surface area contributed by atoms with Crippen LogP contribution in [0.5, 0.6) is 5.75 Å². The monoisotopic (exact) mass is 467 g/mol. The van der Waals surface area contributed by atoms with Crippen molar-refractivity contribution in [3.05, 3.63) is 103 Å². The van der Waals surface area contributed by atoms with Crippen molar-refractivity contribution in [2.75, 3.05) is 7.11 Å². The molecule has 6 nitrogen and oxygen atoms in total. The van der Waals surface area contributed by atoms with E-state index in [2.05, 4.69) is 4.98 Å². The van der Waals surface area contributed by atoms with Gasteiger partial charge in [0.2, 0.25) is 0 Å². The highest BCUT2D eigenvalue weighted by molar-refractivity contribution is 7.07. The predicted molar refractivity (Wildman–Crippen MR) is 132 cm³/mol. The smallest absolute Gasteiger partial charge is 0.271 e. The molecule has 0 radical (unpaired) electrons. The fourth-order valence-electron chi connectivity index (χ4n) is 4.76. The molecule has 4 aromatic rings. The summed E-state index contributed by atoms with van der Waals surface area (Å²) in [5.74, 6) is 0.799. The van der Waals surface area contributed by atoms with E-state index in [-0.39, 0.29) is 11.3 Å². The van der Waals surface area contributed by atoms with Crippen molar-refractivity contribution in [1.29, 1.82) is 0 Å². The van der Waals surface area contributed by atoms with Gasteiger partial charge in [-0.1, -0.05) is 35.6 Å². The summed E-state index contributed by atoms with van der Waals surface area (Å²) in [4.78, 5) is 36.3. The lowest BCUT2D eigenvalue weighted by Crippen LogP contribution is -2.40. The van der Waals surface area contributed by atoms with Crippen molar-refractivity contribution in [3.63, 3.8) is 0 Å². The minimum Gasteiger partial charge on any atom is -0.497 e. The van der Waals surface area contributed by atoms with Gasteiger partial charge in [0.15, 0.2) is 10.6 Å². The van der Waals surface area contributed by atoms with E-state index in [1.165, 1.54) is 11.3 Å². The Morgan fingerprint density at radius 3 is 2.74 bits per heavy atom. The quantitative estimate of drug-likeness (QED) is 0.462. The normalized spacial score (nSPS) is 18.0. The molecule has 6 rings (SSSR count). The molecule has 2 aromatic heterocycles. The topological polar surface area (TPSA) is 73.6 Å². The van der Waals surface area contributed by atoms with Crippen molar-refractivity contribution in [1.82, 2.24) is 9.55 Å². The first-order valence-electron chi connectivity index (χ1n) is 11.2. The predicted octanol–water partition coefficient (Wildman–Crippen LogP) is 3.53. The molecule has 0 spiro atoms. The first-order chi connectivity index (χ1) is 16.6. The van der Waals surface area contributed by atoms with E-state index in [0.717, 1.165) is 46.2 Å². The van der Waals surface area contributed by atoms with Gasteiger partial charge in [-0.15, -0.1) is 0 Å². The van der Waals surface area contributed by atoms with Crippen LogP contribution in [0, 0.1) is 0 Å². The second-order valence-corrected chi connectivity index (χ2v) is 9.48. The first kappa shape index (κ1) is 20.7. The number of hydrogen-bond acceptors (Lipinski definition) is 6. The van der Waals surface area contributed by atoms with Crippen LogP contribution in [-0.4, -0.2) is 22.4 Å². The third kappa shape index (κ3) is 3.40. The zero-order chi connectivity index (χ0) is 23.2. The molecule has 1 aliphatic carbocycles. The lowest BCUT2D eigenvalue weighted by Gasteiger charge is -2.28. The van der Waals surface area contributed by atoms with Crippen molar-refractivity contribution in [3.8, 4) is 5.75 Å². The van der Waals surface area contributed by atoms with Gasteiger partial charge in [0, 0.05) is 29.8 Å². The molecule has 0 amide bonds. The molecule has 0 N–H and O–H groups in total. The zero-order valence-corrected chi connectivity index (χ0v) is 19.3. The van der Waals surface area contributed by atoms with E-state index in [0.29, 0.717) is 21.3 Å². The minimum absolute atomic E-state index is 0.0714. The summed E-state index contributed by atoms with van der Waals surface area (Å²) in [6.45, 7) is 0. The van der Waals surface area contributed by atoms with Gasteiger partial charge in [-0.2, -0.15) is 0 Å². The SMILES string of the molecule is COc1ccc(C2C3=C(CCCC3=O)N=c3s/c(=C\c4ccc5ccncc5c4)c(=O)n32)cc1. The molecule has 7 heteroatoms. The van der Waals surface area contributed by atoms with E-state index in [4.69, 9.17) is 9.73 Å².